The van der Waals surface area contributed by atoms with Crippen LogP contribution in [0.25, 0.3) is 0 Å². The van der Waals surface area contributed by atoms with Crippen LogP contribution in [0.5, 0.6) is 0 Å². The lowest BCUT2D eigenvalue weighted by molar-refractivity contribution is 0.0112. The quantitative estimate of drug-likeness (QED) is 0.655. The smallest absolute Gasteiger partial charge is 0.251 e. The minimum Gasteiger partial charge on any atom is -0.384 e. The van der Waals surface area contributed by atoms with Crippen LogP contribution in [0.15, 0.2) is 16.9 Å². The molecule has 2 bridgehead atoms. The van der Waals surface area contributed by atoms with Gasteiger partial charge in [-0.2, -0.15) is 0 Å². The van der Waals surface area contributed by atoms with Gasteiger partial charge in [0.15, 0.2) is 0 Å². The van der Waals surface area contributed by atoms with E-state index < -0.39 is 0 Å². The Bertz CT molecular complexity index is 722. The number of unbranched alkanes of at least 4 members (excludes halogenated alkanes) is 2. The molecule has 4 heteroatoms. The summed E-state index contributed by atoms with van der Waals surface area (Å²) < 4.78 is 7.87. The van der Waals surface area contributed by atoms with Crippen molar-refractivity contribution in [3.05, 3.63) is 33.7 Å². The van der Waals surface area contributed by atoms with Crippen LogP contribution in [0.2, 0.25) is 0 Å². The van der Waals surface area contributed by atoms with E-state index >= 15 is 0 Å². The van der Waals surface area contributed by atoms with Crippen molar-refractivity contribution in [2.75, 3.05) is 33.4 Å². The first kappa shape index (κ1) is 20.2. The van der Waals surface area contributed by atoms with E-state index in [0.717, 1.165) is 26.2 Å². The Morgan fingerprint density at radius 1 is 1.14 bits per heavy atom. The zero-order chi connectivity index (χ0) is 19.6. The molecule has 0 amide bonds. The number of aromatic nitrogens is 1. The van der Waals surface area contributed by atoms with Crippen molar-refractivity contribution < 1.29 is 4.74 Å². The van der Waals surface area contributed by atoms with Crippen LogP contribution >= 0.6 is 0 Å². The van der Waals surface area contributed by atoms with Crippen molar-refractivity contribution in [2.45, 2.75) is 82.6 Å². The predicted octanol–water partition coefficient (Wildman–Crippen LogP) is 4.31. The highest BCUT2D eigenvalue weighted by Gasteiger charge is 2.46. The lowest BCUT2D eigenvalue weighted by Gasteiger charge is -2.51. The number of piperidine rings is 1. The third-order valence-corrected chi connectivity index (χ3v) is 7.43. The largest absolute Gasteiger partial charge is 0.384 e. The van der Waals surface area contributed by atoms with Crippen LogP contribution in [0.3, 0.4) is 0 Å². The Morgan fingerprint density at radius 3 is 2.71 bits per heavy atom. The number of hydrogen-bond acceptors (Lipinski definition) is 3. The van der Waals surface area contributed by atoms with E-state index in [2.05, 4.69) is 22.5 Å². The number of fused-ring (bicyclic) bond motifs is 4. The summed E-state index contributed by atoms with van der Waals surface area (Å²) in [5.41, 5.74) is 2.76. The highest BCUT2D eigenvalue weighted by atomic mass is 16.5. The first-order valence-corrected chi connectivity index (χ1v) is 11.6. The lowest BCUT2D eigenvalue weighted by atomic mass is 9.69. The highest BCUT2D eigenvalue weighted by molar-refractivity contribution is 5.31. The molecule has 4 nitrogen and oxygen atoms in total. The van der Waals surface area contributed by atoms with Gasteiger partial charge in [0, 0.05) is 43.9 Å². The Balaban J connectivity index is 1.67. The summed E-state index contributed by atoms with van der Waals surface area (Å²) in [5, 5.41) is 0. The summed E-state index contributed by atoms with van der Waals surface area (Å²) in [6.45, 7) is 7.23. The topological polar surface area (TPSA) is 34.5 Å². The molecule has 28 heavy (non-hydrogen) atoms. The summed E-state index contributed by atoms with van der Waals surface area (Å²) in [7, 11) is 1.82. The fourth-order valence-corrected chi connectivity index (χ4v) is 6.23. The molecule has 0 radical (unpaired) electrons. The van der Waals surface area contributed by atoms with Crippen LogP contribution in [-0.2, 0) is 16.7 Å². The van der Waals surface area contributed by atoms with Crippen LogP contribution in [-0.4, -0.2) is 42.8 Å². The van der Waals surface area contributed by atoms with Crippen molar-refractivity contribution in [1.29, 1.82) is 0 Å². The van der Waals surface area contributed by atoms with Crippen LogP contribution < -0.4 is 5.56 Å². The molecule has 1 aromatic heterocycles. The molecule has 0 N–H and O–H groups in total. The van der Waals surface area contributed by atoms with Crippen molar-refractivity contribution in [2.24, 2.45) is 5.92 Å². The van der Waals surface area contributed by atoms with E-state index in [1.165, 1.54) is 75.6 Å². The number of likely N-dealkylation sites (tertiary alicyclic amines) is 1. The molecular formula is C24H38N2O2. The maximum absolute atomic E-state index is 13.1. The zero-order valence-corrected chi connectivity index (χ0v) is 17.9. The molecular weight excluding hydrogens is 348 g/mol. The normalized spacial score (nSPS) is 28.3. The fraction of sp³-hybridized carbons (Fsp3) is 0.792. The Hall–Kier alpha value is -1.13. The number of pyridine rings is 1. The minimum atomic E-state index is -0.0219. The van der Waals surface area contributed by atoms with E-state index in [9.17, 15) is 4.79 Å². The van der Waals surface area contributed by atoms with Crippen molar-refractivity contribution in [3.8, 4) is 0 Å². The molecule has 0 aromatic carbocycles. The van der Waals surface area contributed by atoms with E-state index in [1.54, 1.807) is 0 Å². The number of hydrogen-bond donors (Lipinski definition) is 0. The number of rotatable bonds is 7. The van der Waals surface area contributed by atoms with Crippen molar-refractivity contribution in [3.63, 3.8) is 0 Å². The lowest BCUT2D eigenvalue weighted by Crippen LogP contribution is -2.58. The van der Waals surface area contributed by atoms with Gasteiger partial charge in [-0.15, -0.1) is 0 Å². The Kier molecular flexibility index (Phi) is 6.27. The molecule has 1 saturated heterocycles. The van der Waals surface area contributed by atoms with Gasteiger partial charge in [-0.1, -0.05) is 39.0 Å². The Morgan fingerprint density at radius 2 is 1.96 bits per heavy atom. The second-order valence-corrected chi connectivity index (χ2v) is 9.68. The van der Waals surface area contributed by atoms with E-state index in [4.69, 9.17) is 4.74 Å². The van der Waals surface area contributed by atoms with Crippen LogP contribution in [0.4, 0.5) is 0 Å². The minimum absolute atomic E-state index is 0.0219. The van der Waals surface area contributed by atoms with Gasteiger partial charge in [0.1, 0.15) is 0 Å². The summed E-state index contributed by atoms with van der Waals surface area (Å²) in [4.78, 5) is 15.8. The SMILES string of the molecule is CCCCCN1CC2Cn3c(cc(C4CCCCC4)cc3=O)C(COC)(C2)C1. The molecule has 3 heterocycles. The summed E-state index contributed by atoms with van der Waals surface area (Å²) >= 11 is 0. The summed E-state index contributed by atoms with van der Waals surface area (Å²) in [5.74, 6) is 1.14. The summed E-state index contributed by atoms with van der Waals surface area (Å²) in [6.07, 6.45) is 11.5. The third kappa shape index (κ3) is 3.95. The number of methoxy groups -OCH3 is 1. The van der Waals surface area contributed by atoms with Gasteiger partial charge in [-0.3, -0.25) is 4.79 Å². The van der Waals surface area contributed by atoms with Gasteiger partial charge in [0.25, 0.3) is 5.56 Å². The van der Waals surface area contributed by atoms with Gasteiger partial charge >= 0.3 is 0 Å². The van der Waals surface area contributed by atoms with Gasteiger partial charge in [0.2, 0.25) is 0 Å². The standard InChI is InChI=1S/C24H38N2O2/c1-3-4-8-11-25-15-19-14-24(17-25,18-28-2)22-12-21(13-23(27)26(22)16-19)20-9-6-5-7-10-20/h12-13,19-20H,3-11,14-18H2,1-2H3. The molecule has 1 aromatic rings. The zero-order valence-electron chi connectivity index (χ0n) is 17.9. The summed E-state index contributed by atoms with van der Waals surface area (Å²) in [6, 6.07) is 4.36. The molecule has 0 spiro atoms. The average Bonchev–Trinajstić information content (AvgIpc) is 2.70. The van der Waals surface area contributed by atoms with E-state index in [0.29, 0.717) is 11.8 Å². The molecule has 2 fully saturated rings. The fourth-order valence-electron chi connectivity index (χ4n) is 6.23. The maximum atomic E-state index is 13.1. The first-order chi connectivity index (χ1) is 13.6. The molecule has 4 rings (SSSR count). The molecule has 3 aliphatic rings. The average molecular weight is 387 g/mol. The van der Waals surface area contributed by atoms with Gasteiger partial charge in [-0.25, -0.2) is 0 Å². The van der Waals surface area contributed by atoms with Gasteiger partial charge in [-0.05, 0) is 55.7 Å². The van der Waals surface area contributed by atoms with E-state index in [-0.39, 0.29) is 11.0 Å². The monoisotopic (exact) mass is 386 g/mol. The van der Waals surface area contributed by atoms with E-state index in [1.807, 2.05) is 13.2 Å². The molecule has 1 aliphatic carbocycles. The second-order valence-electron chi connectivity index (χ2n) is 9.68. The van der Waals surface area contributed by atoms with Gasteiger partial charge in [0.05, 0.1) is 6.61 Å². The molecule has 2 atom stereocenters. The number of ether oxygens (including phenoxy) is 1. The van der Waals surface area contributed by atoms with Crippen molar-refractivity contribution >= 4 is 0 Å². The number of nitrogens with zero attached hydrogens (tertiary/aromatic N) is 2. The molecule has 156 valence electrons. The predicted molar refractivity (Wildman–Crippen MR) is 114 cm³/mol. The van der Waals surface area contributed by atoms with Crippen molar-refractivity contribution in [1.82, 2.24) is 9.47 Å². The molecule has 2 unspecified atom stereocenters. The highest BCUT2D eigenvalue weighted by Crippen LogP contribution is 2.42. The molecule has 2 aliphatic heterocycles. The van der Waals surface area contributed by atoms with Crippen LogP contribution in [0, 0.1) is 5.92 Å². The molecule has 1 saturated carbocycles. The van der Waals surface area contributed by atoms with Crippen LogP contribution in [0.1, 0.15) is 81.9 Å². The Labute approximate surface area is 170 Å². The first-order valence-electron chi connectivity index (χ1n) is 11.6. The third-order valence-electron chi connectivity index (χ3n) is 7.43. The van der Waals surface area contributed by atoms with Gasteiger partial charge < -0.3 is 14.2 Å². The maximum Gasteiger partial charge on any atom is 0.251 e. The second kappa shape index (κ2) is 8.71.